The van der Waals surface area contributed by atoms with Crippen LogP contribution >= 0.6 is 0 Å². The zero-order valence-corrected chi connectivity index (χ0v) is 22.2. The number of carbonyl (C=O) groups excluding carboxylic acids is 2. The summed E-state index contributed by atoms with van der Waals surface area (Å²) in [7, 11) is 0. The average Bonchev–Trinajstić information content (AvgIpc) is 3.39. The molecule has 2 amide bonds. The fraction of sp³-hybridized carbons (Fsp3) is 0.533. The Balaban J connectivity index is 1.50. The van der Waals surface area contributed by atoms with Crippen molar-refractivity contribution in [2.45, 2.75) is 64.5 Å². The number of hydrogen-bond acceptors (Lipinski definition) is 5. The molecule has 2 aliphatic heterocycles. The first-order valence-corrected chi connectivity index (χ1v) is 14.0. The van der Waals surface area contributed by atoms with Crippen LogP contribution in [0.5, 0.6) is 5.75 Å². The van der Waals surface area contributed by atoms with Crippen LogP contribution in [0.4, 0.5) is 5.69 Å². The van der Waals surface area contributed by atoms with Crippen LogP contribution in [0.2, 0.25) is 0 Å². The maximum atomic E-state index is 13.4. The molecule has 37 heavy (non-hydrogen) atoms. The van der Waals surface area contributed by atoms with E-state index in [1.165, 1.54) is 19.3 Å². The number of likely N-dealkylation sites (N-methyl/N-ethyl adjacent to an activating group) is 1. The molecule has 2 aromatic rings. The molecule has 1 unspecified atom stereocenters. The highest BCUT2D eigenvalue weighted by Crippen LogP contribution is 2.25. The summed E-state index contributed by atoms with van der Waals surface area (Å²) in [5, 5.41) is 6.68. The number of anilines is 1. The van der Waals surface area contributed by atoms with Gasteiger partial charge in [0.2, 0.25) is 0 Å². The van der Waals surface area contributed by atoms with Crippen molar-refractivity contribution in [3.05, 3.63) is 59.7 Å². The van der Waals surface area contributed by atoms with Crippen molar-refractivity contribution in [2.24, 2.45) is 0 Å². The number of benzene rings is 2. The molecule has 0 aliphatic carbocycles. The van der Waals surface area contributed by atoms with Crippen LogP contribution in [-0.4, -0.2) is 62.1 Å². The Morgan fingerprint density at radius 3 is 2.65 bits per heavy atom. The van der Waals surface area contributed by atoms with Crippen LogP contribution in [0.3, 0.4) is 0 Å². The van der Waals surface area contributed by atoms with Crippen LogP contribution in [0.25, 0.3) is 0 Å². The van der Waals surface area contributed by atoms with Gasteiger partial charge in [0.05, 0.1) is 0 Å². The molecule has 0 spiro atoms. The molecular formula is C30H42N4O3. The van der Waals surface area contributed by atoms with Gasteiger partial charge in [-0.05, 0) is 81.2 Å². The number of nitrogens with zero attached hydrogens (tertiary/aromatic N) is 2. The molecule has 1 atom stereocenters. The van der Waals surface area contributed by atoms with Gasteiger partial charge in [-0.1, -0.05) is 44.4 Å². The van der Waals surface area contributed by atoms with Crippen molar-refractivity contribution in [3.8, 4) is 5.75 Å². The molecule has 1 fully saturated rings. The monoisotopic (exact) mass is 506 g/mol. The van der Waals surface area contributed by atoms with Gasteiger partial charge >= 0.3 is 0 Å². The van der Waals surface area contributed by atoms with E-state index in [1.54, 1.807) is 0 Å². The molecule has 2 heterocycles. The minimum Gasteiger partial charge on any atom is -0.484 e. The van der Waals surface area contributed by atoms with Gasteiger partial charge in [0.15, 0.2) is 6.61 Å². The van der Waals surface area contributed by atoms with Crippen molar-refractivity contribution < 1.29 is 14.3 Å². The first-order valence-electron chi connectivity index (χ1n) is 14.0. The maximum absolute atomic E-state index is 13.4. The number of ether oxygens (including phenoxy) is 1. The van der Waals surface area contributed by atoms with E-state index < -0.39 is 0 Å². The minimum atomic E-state index is -0.0692. The molecule has 4 rings (SSSR count). The highest BCUT2D eigenvalue weighted by Gasteiger charge is 2.24. The second-order valence-electron chi connectivity index (χ2n) is 10.1. The van der Waals surface area contributed by atoms with Crippen molar-refractivity contribution >= 4 is 17.5 Å². The zero-order chi connectivity index (χ0) is 25.9. The molecule has 7 nitrogen and oxygen atoms in total. The van der Waals surface area contributed by atoms with Crippen LogP contribution < -0.4 is 20.3 Å². The molecule has 2 N–H and O–H groups in total. The van der Waals surface area contributed by atoms with E-state index in [4.69, 9.17) is 4.74 Å². The number of carbonyl (C=O) groups is 2. The Bertz CT molecular complexity index is 1010. The van der Waals surface area contributed by atoms with E-state index in [2.05, 4.69) is 22.5 Å². The van der Waals surface area contributed by atoms with Gasteiger partial charge in [0, 0.05) is 36.9 Å². The van der Waals surface area contributed by atoms with E-state index in [1.807, 2.05) is 53.4 Å². The quantitative estimate of drug-likeness (QED) is 0.584. The predicted octanol–water partition coefficient (Wildman–Crippen LogP) is 4.37. The highest BCUT2D eigenvalue weighted by atomic mass is 16.5. The number of fused-ring (bicyclic) bond motifs is 1. The van der Waals surface area contributed by atoms with E-state index >= 15 is 0 Å². The zero-order valence-electron chi connectivity index (χ0n) is 22.2. The van der Waals surface area contributed by atoms with Gasteiger partial charge in [-0.25, -0.2) is 0 Å². The number of rotatable bonds is 7. The molecular weight excluding hydrogens is 464 g/mol. The summed E-state index contributed by atoms with van der Waals surface area (Å²) in [5.41, 5.74) is 2.47. The minimum absolute atomic E-state index is 0.0194. The number of nitrogens with one attached hydrogen (secondary N) is 2. The lowest BCUT2D eigenvalue weighted by Crippen LogP contribution is -2.40. The third-order valence-corrected chi connectivity index (χ3v) is 7.49. The number of para-hydroxylation sites is 1. The Morgan fingerprint density at radius 2 is 1.81 bits per heavy atom. The van der Waals surface area contributed by atoms with E-state index in [-0.39, 0.29) is 18.4 Å². The average molecular weight is 507 g/mol. The molecule has 2 aromatic carbocycles. The largest absolute Gasteiger partial charge is 0.484 e. The van der Waals surface area contributed by atoms with Crippen molar-refractivity contribution in [2.75, 3.05) is 44.2 Å². The summed E-state index contributed by atoms with van der Waals surface area (Å²) >= 11 is 0. The highest BCUT2D eigenvalue weighted by molar-refractivity contribution is 5.98. The van der Waals surface area contributed by atoms with Gasteiger partial charge < -0.3 is 20.3 Å². The first-order chi connectivity index (χ1) is 18.2. The smallest absolute Gasteiger partial charge is 0.264 e. The standard InChI is InChI=1S/C30H42N4O3/c1-2-33-18-11-12-26(33)22-32-30(36)24-15-16-28-25(20-24)21-31-17-9-4-3-5-10-19-34(28)29(35)23-37-27-13-7-6-8-14-27/h6-8,13-16,20,26,31H,2-5,9-12,17-19,21-23H2,1H3,(H,32,36). The number of amides is 2. The van der Waals surface area contributed by atoms with Gasteiger partial charge in [-0.3, -0.25) is 14.5 Å². The van der Waals surface area contributed by atoms with Crippen LogP contribution in [0.1, 0.15) is 67.8 Å². The summed E-state index contributed by atoms with van der Waals surface area (Å²) < 4.78 is 5.79. The summed E-state index contributed by atoms with van der Waals surface area (Å²) in [4.78, 5) is 30.7. The molecule has 7 heteroatoms. The molecule has 0 bridgehead atoms. The molecule has 0 saturated carbocycles. The van der Waals surface area contributed by atoms with Gasteiger partial charge in [0.25, 0.3) is 11.8 Å². The van der Waals surface area contributed by atoms with Crippen LogP contribution in [0, 0.1) is 0 Å². The van der Waals surface area contributed by atoms with Crippen molar-refractivity contribution in [1.82, 2.24) is 15.5 Å². The molecule has 1 saturated heterocycles. The van der Waals surface area contributed by atoms with Crippen molar-refractivity contribution in [1.29, 1.82) is 0 Å². The lowest BCUT2D eigenvalue weighted by Gasteiger charge is -2.27. The second kappa shape index (κ2) is 14.1. The normalized spacial score (nSPS) is 19.4. The SMILES string of the molecule is CCN1CCCC1CNC(=O)c1ccc2c(c1)CNCCCCCCCN2C(=O)COc1ccccc1. The predicted molar refractivity (Wildman–Crippen MR) is 148 cm³/mol. The summed E-state index contributed by atoms with van der Waals surface area (Å²) in [5.74, 6) is 0.561. The van der Waals surface area contributed by atoms with E-state index in [9.17, 15) is 9.59 Å². The maximum Gasteiger partial charge on any atom is 0.264 e. The Morgan fingerprint density at radius 1 is 1.00 bits per heavy atom. The summed E-state index contributed by atoms with van der Waals surface area (Å²) in [6.45, 7) is 7.14. The molecule has 0 aromatic heterocycles. The fourth-order valence-electron chi connectivity index (χ4n) is 5.38. The number of likely N-dealkylation sites (tertiary alicyclic amines) is 1. The molecule has 200 valence electrons. The third kappa shape index (κ3) is 7.79. The Kier molecular flexibility index (Phi) is 10.4. The number of hydrogen-bond donors (Lipinski definition) is 2. The molecule has 0 radical (unpaired) electrons. The van der Waals surface area contributed by atoms with Gasteiger partial charge in [-0.2, -0.15) is 0 Å². The Labute approximate surface area is 221 Å². The lowest BCUT2D eigenvalue weighted by molar-refractivity contribution is -0.120. The van der Waals surface area contributed by atoms with Crippen molar-refractivity contribution in [3.63, 3.8) is 0 Å². The lowest BCUT2D eigenvalue weighted by atomic mass is 10.0. The van der Waals surface area contributed by atoms with E-state index in [0.717, 1.165) is 56.6 Å². The molecule has 2 aliphatic rings. The Hall–Kier alpha value is -2.90. The van der Waals surface area contributed by atoms with Gasteiger partial charge in [-0.15, -0.1) is 0 Å². The summed E-state index contributed by atoms with van der Waals surface area (Å²) in [6, 6.07) is 15.6. The summed E-state index contributed by atoms with van der Waals surface area (Å²) in [6.07, 6.45) is 7.85. The van der Waals surface area contributed by atoms with Gasteiger partial charge in [0.1, 0.15) is 5.75 Å². The first kappa shape index (κ1) is 27.1. The second-order valence-corrected chi connectivity index (χ2v) is 10.1. The van der Waals surface area contributed by atoms with Crippen LogP contribution in [0.15, 0.2) is 48.5 Å². The third-order valence-electron chi connectivity index (χ3n) is 7.49. The van der Waals surface area contributed by atoms with E-state index in [0.29, 0.717) is 37.0 Å². The topological polar surface area (TPSA) is 73.9 Å². The fourth-order valence-corrected chi connectivity index (χ4v) is 5.38. The van der Waals surface area contributed by atoms with Crippen LogP contribution in [-0.2, 0) is 11.3 Å².